The van der Waals surface area contributed by atoms with Crippen molar-refractivity contribution >= 4 is 13.3 Å². The minimum atomic E-state index is -4.32. The lowest BCUT2D eigenvalue weighted by atomic mass is 9.96. The van der Waals surface area contributed by atoms with Crippen molar-refractivity contribution in [1.82, 2.24) is 0 Å². The van der Waals surface area contributed by atoms with Crippen LogP contribution in [0.1, 0.15) is 11.1 Å². The van der Waals surface area contributed by atoms with Gasteiger partial charge in [-0.25, -0.2) is 4.39 Å². The molecular formula is C15H13BF4O. The molecule has 2 aromatic rings. The molecule has 21 heavy (non-hydrogen) atoms. The van der Waals surface area contributed by atoms with Crippen LogP contribution in [0.25, 0.3) is 0 Å². The number of benzene rings is 2. The van der Waals surface area contributed by atoms with E-state index in [0.29, 0.717) is 17.6 Å². The van der Waals surface area contributed by atoms with Crippen LogP contribution in [-0.4, -0.2) is 14.5 Å². The molecule has 0 saturated heterocycles. The molecule has 0 aliphatic rings. The minimum Gasteiger partial charge on any atom is -0.493 e. The zero-order valence-electron chi connectivity index (χ0n) is 11.4. The van der Waals surface area contributed by atoms with Gasteiger partial charge in [0.25, 0.3) is 0 Å². The van der Waals surface area contributed by atoms with E-state index in [4.69, 9.17) is 4.74 Å². The Labute approximate surface area is 121 Å². The molecule has 0 atom stereocenters. The van der Waals surface area contributed by atoms with Crippen molar-refractivity contribution in [1.29, 1.82) is 0 Å². The summed E-state index contributed by atoms with van der Waals surface area (Å²) >= 11 is 0. The fourth-order valence-electron chi connectivity index (χ4n) is 1.81. The molecule has 0 amide bonds. The van der Waals surface area contributed by atoms with Crippen molar-refractivity contribution in [2.24, 2.45) is 0 Å². The van der Waals surface area contributed by atoms with E-state index in [1.807, 2.05) is 0 Å². The predicted molar refractivity (Wildman–Crippen MR) is 75.2 cm³/mol. The fraction of sp³-hybridized carbons (Fsp3) is 0.200. The summed E-state index contributed by atoms with van der Waals surface area (Å²) < 4.78 is 55.9. The molecule has 1 nitrogen and oxygen atoms in total. The molecule has 0 aromatic heterocycles. The maximum Gasteiger partial charge on any atom is 0.416 e. The van der Waals surface area contributed by atoms with Gasteiger partial charge in [-0.3, -0.25) is 0 Å². The van der Waals surface area contributed by atoms with Crippen molar-refractivity contribution < 1.29 is 22.3 Å². The van der Waals surface area contributed by atoms with Gasteiger partial charge in [0, 0.05) is 12.5 Å². The van der Waals surface area contributed by atoms with E-state index in [-0.39, 0.29) is 12.4 Å². The van der Waals surface area contributed by atoms with E-state index in [9.17, 15) is 17.6 Å². The third-order valence-corrected chi connectivity index (χ3v) is 3.08. The number of ether oxygens (including phenoxy) is 1. The number of hydrogen-bond donors (Lipinski definition) is 0. The predicted octanol–water partition coefficient (Wildman–Crippen LogP) is 2.72. The first-order chi connectivity index (χ1) is 9.86. The van der Waals surface area contributed by atoms with Crippen LogP contribution in [0.2, 0.25) is 0 Å². The lowest BCUT2D eigenvalue weighted by Gasteiger charge is -2.09. The number of hydrogen-bond acceptors (Lipinski definition) is 1. The highest BCUT2D eigenvalue weighted by Gasteiger charge is 2.29. The van der Waals surface area contributed by atoms with Crippen LogP contribution in [0.5, 0.6) is 5.75 Å². The number of halogens is 4. The lowest BCUT2D eigenvalue weighted by molar-refractivity contribution is -0.137. The molecule has 0 bridgehead atoms. The van der Waals surface area contributed by atoms with Gasteiger partial charge in [-0.1, -0.05) is 23.7 Å². The topological polar surface area (TPSA) is 9.23 Å². The molecule has 0 saturated carbocycles. The van der Waals surface area contributed by atoms with Gasteiger partial charge in [0.2, 0.25) is 0 Å². The van der Waals surface area contributed by atoms with E-state index in [0.717, 1.165) is 17.7 Å². The first kappa shape index (κ1) is 15.4. The van der Waals surface area contributed by atoms with Crippen LogP contribution in [0.15, 0.2) is 42.5 Å². The molecule has 110 valence electrons. The summed E-state index contributed by atoms with van der Waals surface area (Å²) in [4.78, 5) is 0. The maximum atomic E-state index is 13.3. The van der Waals surface area contributed by atoms with Crippen molar-refractivity contribution in [2.45, 2.75) is 12.6 Å². The first-order valence-electron chi connectivity index (χ1n) is 6.41. The van der Waals surface area contributed by atoms with E-state index in [1.165, 1.54) is 18.2 Å². The summed E-state index contributed by atoms with van der Waals surface area (Å²) in [5.74, 6) is 0.0621. The molecule has 0 N–H and O–H groups in total. The Balaban J connectivity index is 1.90. The number of rotatable bonds is 4. The van der Waals surface area contributed by atoms with E-state index in [2.05, 4.69) is 0 Å². The van der Waals surface area contributed by atoms with Gasteiger partial charge in [-0.2, -0.15) is 13.2 Å². The molecule has 0 unspecified atom stereocenters. The van der Waals surface area contributed by atoms with E-state index < -0.39 is 11.7 Å². The van der Waals surface area contributed by atoms with Crippen LogP contribution in [0.3, 0.4) is 0 Å². The maximum absolute atomic E-state index is 13.3. The van der Waals surface area contributed by atoms with Gasteiger partial charge in [0.15, 0.2) is 0 Å². The summed E-state index contributed by atoms with van der Waals surface area (Å²) in [6.07, 6.45) is -3.87. The van der Waals surface area contributed by atoms with Crippen LogP contribution in [0.4, 0.5) is 17.6 Å². The van der Waals surface area contributed by atoms with Gasteiger partial charge in [-0.05, 0) is 23.8 Å². The Morgan fingerprint density at radius 1 is 1.00 bits per heavy atom. The van der Waals surface area contributed by atoms with Crippen molar-refractivity contribution in [3.05, 3.63) is 59.4 Å². The highest BCUT2D eigenvalue weighted by Crippen LogP contribution is 2.29. The highest BCUT2D eigenvalue weighted by atomic mass is 19.4. The molecule has 2 rings (SSSR count). The molecule has 0 aliphatic carbocycles. The quantitative estimate of drug-likeness (QED) is 0.622. The molecular weight excluding hydrogens is 283 g/mol. The third-order valence-electron chi connectivity index (χ3n) is 3.08. The second-order valence-electron chi connectivity index (χ2n) is 4.70. The average Bonchev–Trinajstić information content (AvgIpc) is 2.42. The summed E-state index contributed by atoms with van der Waals surface area (Å²) in [5, 5.41) is 0. The Kier molecular flexibility index (Phi) is 4.55. The molecule has 2 aromatic carbocycles. The van der Waals surface area contributed by atoms with Crippen molar-refractivity contribution in [3.63, 3.8) is 0 Å². The van der Waals surface area contributed by atoms with Crippen molar-refractivity contribution in [2.75, 3.05) is 6.61 Å². The molecule has 0 aliphatic heterocycles. The van der Waals surface area contributed by atoms with Crippen LogP contribution >= 0.6 is 0 Å². The standard InChI is InChI=1S/C15H13BF4O/c16-13-6-5-12(9-14(13)17)21-8-7-10-1-3-11(4-2-10)15(18,19)20/h1-6,9H,7-8,16H2. The third kappa shape index (κ3) is 4.24. The van der Waals surface area contributed by atoms with Gasteiger partial charge in [0.05, 0.1) is 12.2 Å². The summed E-state index contributed by atoms with van der Waals surface area (Å²) in [7, 11) is 1.65. The van der Waals surface area contributed by atoms with Gasteiger partial charge >= 0.3 is 6.18 Å². The second kappa shape index (κ2) is 6.20. The Morgan fingerprint density at radius 3 is 2.24 bits per heavy atom. The largest absolute Gasteiger partial charge is 0.493 e. The lowest BCUT2D eigenvalue weighted by Crippen LogP contribution is -2.09. The minimum absolute atomic E-state index is 0.272. The Bertz CT molecular complexity index is 608. The van der Waals surface area contributed by atoms with E-state index >= 15 is 0 Å². The molecule has 0 heterocycles. The van der Waals surface area contributed by atoms with Crippen molar-refractivity contribution in [3.8, 4) is 5.75 Å². The van der Waals surface area contributed by atoms with Gasteiger partial charge in [-0.15, -0.1) is 0 Å². The fourth-order valence-corrected chi connectivity index (χ4v) is 1.81. The molecule has 6 heteroatoms. The van der Waals surface area contributed by atoms with Crippen LogP contribution in [-0.2, 0) is 12.6 Å². The zero-order valence-corrected chi connectivity index (χ0v) is 11.4. The normalized spacial score (nSPS) is 11.4. The van der Waals surface area contributed by atoms with E-state index in [1.54, 1.807) is 20.0 Å². The SMILES string of the molecule is Bc1ccc(OCCc2ccc(C(F)(F)F)cc2)cc1F. The van der Waals surface area contributed by atoms with Gasteiger partial charge < -0.3 is 4.74 Å². The van der Waals surface area contributed by atoms with Crippen LogP contribution in [0, 0.1) is 5.82 Å². The smallest absolute Gasteiger partial charge is 0.416 e. The summed E-state index contributed by atoms with van der Waals surface area (Å²) in [6.45, 7) is 0.272. The van der Waals surface area contributed by atoms with Crippen LogP contribution < -0.4 is 10.2 Å². The molecule has 0 radical (unpaired) electrons. The Morgan fingerprint density at radius 2 is 1.67 bits per heavy atom. The second-order valence-corrected chi connectivity index (χ2v) is 4.70. The summed E-state index contributed by atoms with van der Waals surface area (Å²) in [5.41, 5.74) is 0.591. The monoisotopic (exact) mass is 296 g/mol. The summed E-state index contributed by atoms with van der Waals surface area (Å²) in [6, 6.07) is 9.49. The first-order valence-corrected chi connectivity index (χ1v) is 6.41. The average molecular weight is 296 g/mol. The molecule has 0 spiro atoms. The zero-order chi connectivity index (χ0) is 15.5. The Hall–Kier alpha value is -1.98. The number of alkyl halides is 3. The molecule has 0 fully saturated rings. The highest BCUT2D eigenvalue weighted by molar-refractivity contribution is 6.32. The van der Waals surface area contributed by atoms with Gasteiger partial charge in [0.1, 0.15) is 19.4 Å².